The molecule has 0 spiro atoms. The van der Waals surface area contributed by atoms with Gasteiger partial charge in [-0.1, -0.05) is 23.4 Å². The number of halogens is 1. The number of aromatic nitrogens is 3. The van der Waals surface area contributed by atoms with Gasteiger partial charge in [-0.3, -0.25) is 4.79 Å². The van der Waals surface area contributed by atoms with Crippen LogP contribution >= 0.6 is 23.4 Å². The predicted molar refractivity (Wildman–Crippen MR) is 75.4 cm³/mol. The number of anilines is 1. The van der Waals surface area contributed by atoms with Crippen molar-refractivity contribution in [2.24, 2.45) is 0 Å². The van der Waals surface area contributed by atoms with Crippen LogP contribution in [0.25, 0.3) is 0 Å². The van der Waals surface area contributed by atoms with E-state index in [0.717, 1.165) is 5.69 Å². The van der Waals surface area contributed by atoms with Crippen molar-refractivity contribution in [2.75, 3.05) is 11.1 Å². The van der Waals surface area contributed by atoms with Crippen LogP contribution in [0, 0.1) is 6.92 Å². The van der Waals surface area contributed by atoms with E-state index in [9.17, 15) is 4.79 Å². The van der Waals surface area contributed by atoms with Gasteiger partial charge in [-0.2, -0.15) is 0 Å². The van der Waals surface area contributed by atoms with Gasteiger partial charge in [0.05, 0.1) is 11.4 Å². The lowest BCUT2D eigenvalue weighted by Gasteiger charge is -2.05. The summed E-state index contributed by atoms with van der Waals surface area (Å²) in [6.45, 7) is 1.88. The Morgan fingerprint density at radius 3 is 2.95 bits per heavy atom. The van der Waals surface area contributed by atoms with Crippen molar-refractivity contribution in [3.63, 3.8) is 0 Å². The van der Waals surface area contributed by atoms with Crippen molar-refractivity contribution >= 4 is 35.0 Å². The molecule has 2 rings (SSSR count). The number of carbonyl (C=O) groups excluding carboxylic acids is 1. The molecule has 0 unspecified atom stereocenters. The van der Waals surface area contributed by atoms with Crippen LogP contribution in [0.3, 0.4) is 0 Å². The number of pyridine rings is 1. The van der Waals surface area contributed by atoms with E-state index in [1.807, 2.05) is 6.92 Å². The first kappa shape index (κ1) is 13.8. The molecule has 0 fully saturated rings. The SMILES string of the molecule is Cc1ccnc(SCC(=O)Nc2cccnc2Cl)n1. The molecular weight excluding hydrogens is 284 g/mol. The largest absolute Gasteiger partial charge is 0.323 e. The van der Waals surface area contributed by atoms with E-state index in [-0.39, 0.29) is 16.8 Å². The zero-order valence-electron chi connectivity index (χ0n) is 10.1. The molecule has 0 saturated carbocycles. The van der Waals surface area contributed by atoms with Gasteiger partial charge >= 0.3 is 0 Å². The first-order chi connectivity index (χ1) is 9.15. The summed E-state index contributed by atoms with van der Waals surface area (Å²) in [7, 11) is 0. The maximum Gasteiger partial charge on any atom is 0.234 e. The second-order valence-electron chi connectivity index (χ2n) is 3.66. The van der Waals surface area contributed by atoms with Crippen molar-refractivity contribution in [3.05, 3.63) is 41.4 Å². The quantitative estimate of drug-likeness (QED) is 0.533. The highest BCUT2D eigenvalue weighted by atomic mass is 35.5. The lowest BCUT2D eigenvalue weighted by atomic mass is 10.4. The van der Waals surface area contributed by atoms with Gasteiger partial charge in [0.2, 0.25) is 5.91 Å². The third-order valence-electron chi connectivity index (χ3n) is 2.14. The average Bonchev–Trinajstić information content (AvgIpc) is 2.39. The predicted octanol–water partition coefficient (Wildman–Crippen LogP) is 2.56. The molecule has 0 aliphatic rings. The number of nitrogens with one attached hydrogen (secondary N) is 1. The summed E-state index contributed by atoms with van der Waals surface area (Å²) in [5, 5.41) is 3.53. The van der Waals surface area contributed by atoms with E-state index in [1.54, 1.807) is 30.6 Å². The summed E-state index contributed by atoms with van der Waals surface area (Å²) in [5.74, 6) is 0.0410. The van der Waals surface area contributed by atoms with Crippen molar-refractivity contribution in [1.29, 1.82) is 0 Å². The Morgan fingerprint density at radius 1 is 1.37 bits per heavy atom. The van der Waals surface area contributed by atoms with Crippen molar-refractivity contribution in [2.45, 2.75) is 12.1 Å². The maximum absolute atomic E-state index is 11.7. The average molecular weight is 295 g/mol. The van der Waals surface area contributed by atoms with Gasteiger partial charge in [0.15, 0.2) is 10.3 Å². The molecule has 2 heterocycles. The van der Waals surface area contributed by atoms with Crippen LogP contribution in [0.1, 0.15) is 5.69 Å². The highest BCUT2D eigenvalue weighted by Gasteiger charge is 2.08. The molecule has 0 bridgehead atoms. The Labute approximate surface area is 119 Å². The molecule has 0 aliphatic carbocycles. The summed E-state index contributed by atoms with van der Waals surface area (Å²) in [5.41, 5.74) is 1.37. The molecule has 0 aromatic carbocycles. The molecule has 0 radical (unpaired) electrons. The van der Waals surface area contributed by atoms with Gasteiger partial charge in [-0.25, -0.2) is 15.0 Å². The number of amides is 1. The standard InChI is InChI=1S/C12H11ClN4OS/c1-8-4-6-15-12(16-8)19-7-10(18)17-9-3-2-5-14-11(9)13/h2-6H,7H2,1H3,(H,17,18). The fourth-order valence-electron chi connectivity index (χ4n) is 1.29. The molecule has 1 N–H and O–H groups in total. The molecule has 5 nitrogen and oxygen atoms in total. The third kappa shape index (κ3) is 4.18. The van der Waals surface area contributed by atoms with Crippen molar-refractivity contribution < 1.29 is 4.79 Å². The van der Waals surface area contributed by atoms with Gasteiger partial charge in [0.1, 0.15) is 0 Å². The van der Waals surface area contributed by atoms with Gasteiger partial charge < -0.3 is 5.32 Å². The Balaban J connectivity index is 1.90. The number of hydrogen-bond acceptors (Lipinski definition) is 5. The fraction of sp³-hybridized carbons (Fsp3) is 0.167. The molecule has 0 saturated heterocycles. The first-order valence-corrected chi connectivity index (χ1v) is 6.84. The first-order valence-electron chi connectivity index (χ1n) is 5.48. The second kappa shape index (κ2) is 6.49. The van der Waals surface area contributed by atoms with Crippen LogP contribution in [-0.2, 0) is 4.79 Å². The second-order valence-corrected chi connectivity index (χ2v) is 4.96. The molecule has 98 valence electrons. The van der Waals surface area contributed by atoms with Crippen LogP contribution in [0.15, 0.2) is 35.7 Å². The molecule has 2 aromatic heterocycles. The number of hydrogen-bond donors (Lipinski definition) is 1. The topological polar surface area (TPSA) is 67.8 Å². The zero-order chi connectivity index (χ0) is 13.7. The minimum atomic E-state index is -0.176. The third-order valence-corrected chi connectivity index (χ3v) is 3.30. The summed E-state index contributed by atoms with van der Waals surface area (Å²) >= 11 is 7.12. The zero-order valence-corrected chi connectivity index (χ0v) is 11.7. The molecule has 1 amide bonds. The van der Waals surface area contributed by atoms with Gasteiger partial charge in [-0.15, -0.1) is 0 Å². The lowest BCUT2D eigenvalue weighted by Crippen LogP contribution is -2.14. The minimum Gasteiger partial charge on any atom is -0.323 e. The highest BCUT2D eigenvalue weighted by Crippen LogP contribution is 2.18. The van der Waals surface area contributed by atoms with E-state index < -0.39 is 0 Å². The van der Waals surface area contributed by atoms with Crippen LogP contribution < -0.4 is 5.32 Å². The normalized spacial score (nSPS) is 10.2. The molecule has 0 aliphatic heterocycles. The van der Waals surface area contributed by atoms with E-state index in [0.29, 0.717) is 10.8 Å². The highest BCUT2D eigenvalue weighted by molar-refractivity contribution is 7.99. The van der Waals surface area contributed by atoms with E-state index >= 15 is 0 Å². The molecule has 7 heteroatoms. The lowest BCUT2D eigenvalue weighted by molar-refractivity contribution is -0.113. The number of aryl methyl sites for hydroxylation is 1. The summed E-state index contributed by atoms with van der Waals surface area (Å²) in [6, 6.07) is 5.21. The van der Waals surface area contributed by atoms with E-state index in [4.69, 9.17) is 11.6 Å². The number of rotatable bonds is 4. The maximum atomic E-state index is 11.7. The smallest absolute Gasteiger partial charge is 0.234 e. The molecule has 0 atom stereocenters. The van der Waals surface area contributed by atoms with E-state index in [2.05, 4.69) is 20.3 Å². The van der Waals surface area contributed by atoms with Crippen LogP contribution in [0.4, 0.5) is 5.69 Å². The Hall–Kier alpha value is -1.66. The van der Waals surface area contributed by atoms with Gasteiger partial charge in [0, 0.05) is 18.1 Å². The minimum absolute atomic E-state index is 0.176. The fourth-order valence-corrected chi connectivity index (χ4v) is 2.13. The molecule has 19 heavy (non-hydrogen) atoms. The van der Waals surface area contributed by atoms with Crippen LogP contribution in [0.2, 0.25) is 5.15 Å². The number of thioether (sulfide) groups is 1. The summed E-state index contributed by atoms with van der Waals surface area (Å²) in [4.78, 5) is 23.9. The van der Waals surface area contributed by atoms with Crippen molar-refractivity contribution in [3.8, 4) is 0 Å². The summed E-state index contributed by atoms with van der Waals surface area (Å²) in [6.07, 6.45) is 3.23. The summed E-state index contributed by atoms with van der Waals surface area (Å²) < 4.78 is 0. The number of carbonyl (C=O) groups is 1. The Morgan fingerprint density at radius 2 is 2.21 bits per heavy atom. The van der Waals surface area contributed by atoms with E-state index in [1.165, 1.54) is 11.8 Å². The molecular formula is C12H11ClN4OS. The monoisotopic (exact) mass is 294 g/mol. The van der Waals surface area contributed by atoms with Crippen LogP contribution in [0.5, 0.6) is 0 Å². The van der Waals surface area contributed by atoms with Gasteiger partial charge in [-0.05, 0) is 25.1 Å². The Kier molecular flexibility index (Phi) is 4.70. The van der Waals surface area contributed by atoms with Gasteiger partial charge in [0.25, 0.3) is 0 Å². The van der Waals surface area contributed by atoms with Crippen molar-refractivity contribution in [1.82, 2.24) is 15.0 Å². The Bertz CT molecular complexity index is 593. The number of nitrogens with zero attached hydrogens (tertiary/aromatic N) is 3. The molecule has 2 aromatic rings. The van der Waals surface area contributed by atoms with Crippen LogP contribution in [-0.4, -0.2) is 26.6 Å².